The molecular formula is C27H30ClN5O3. The number of hydrogen-bond donors (Lipinski definition) is 2. The number of amides is 1. The van der Waals surface area contributed by atoms with Gasteiger partial charge in [-0.1, -0.05) is 29.8 Å². The minimum absolute atomic E-state index is 0.109. The van der Waals surface area contributed by atoms with Crippen LogP contribution in [0.4, 0.5) is 22.7 Å². The van der Waals surface area contributed by atoms with Gasteiger partial charge in [0.15, 0.2) is 0 Å². The van der Waals surface area contributed by atoms with Gasteiger partial charge in [0.1, 0.15) is 5.69 Å². The Hall–Kier alpha value is -3.62. The monoisotopic (exact) mass is 507 g/mol. The number of nitro benzene ring substituents is 1. The van der Waals surface area contributed by atoms with E-state index in [2.05, 4.69) is 26.5 Å². The van der Waals surface area contributed by atoms with E-state index in [0.717, 1.165) is 55.4 Å². The molecule has 0 radical (unpaired) electrons. The first-order chi connectivity index (χ1) is 17.4. The first kappa shape index (κ1) is 25.5. The molecule has 0 bridgehead atoms. The van der Waals surface area contributed by atoms with Crippen molar-refractivity contribution in [3.05, 3.63) is 93.0 Å². The second kappa shape index (κ2) is 11.9. The Balaban J connectivity index is 1.26. The number of carbonyl (C=O) groups is 1. The maximum absolute atomic E-state index is 12.6. The SMILES string of the molecule is Cc1cccc(NC(=O)c2ccc(NCCCN3CCN(c4cccc(Cl)c4)CC3)c([N+](=O)[O-])c2)c1. The van der Waals surface area contributed by atoms with Crippen LogP contribution in [0.25, 0.3) is 0 Å². The van der Waals surface area contributed by atoms with Crippen LogP contribution in [0.5, 0.6) is 0 Å². The Labute approximate surface area is 216 Å². The topological polar surface area (TPSA) is 90.8 Å². The van der Waals surface area contributed by atoms with Crippen molar-refractivity contribution < 1.29 is 9.72 Å². The quantitative estimate of drug-likeness (QED) is 0.228. The molecule has 1 aliphatic rings. The van der Waals surface area contributed by atoms with E-state index in [0.29, 0.717) is 17.9 Å². The first-order valence-electron chi connectivity index (χ1n) is 12.0. The molecule has 0 aromatic heterocycles. The van der Waals surface area contributed by atoms with Gasteiger partial charge in [0, 0.05) is 60.8 Å². The number of halogens is 1. The fourth-order valence-corrected chi connectivity index (χ4v) is 4.51. The fraction of sp³-hybridized carbons (Fsp3) is 0.296. The highest BCUT2D eigenvalue weighted by atomic mass is 35.5. The molecule has 2 N–H and O–H groups in total. The largest absolute Gasteiger partial charge is 0.379 e. The number of nitrogens with one attached hydrogen (secondary N) is 2. The summed E-state index contributed by atoms with van der Waals surface area (Å²) >= 11 is 6.11. The second-order valence-electron chi connectivity index (χ2n) is 8.90. The number of benzene rings is 3. The number of nitrogens with zero attached hydrogens (tertiary/aromatic N) is 3. The van der Waals surface area contributed by atoms with Crippen LogP contribution in [-0.2, 0) is 0 Å². The van der Waals surface area contributed by atoms with Crippen molar-refractivity contribution in [1.82, 2.24) is 4.90 Å². The third kappa shape index (κ3) is 6.74. The summed E-state index contributed by atoms with van der Waals surface area (Å²) in [5, 5.41) is 18.4. The Bertz CT molecular complexity index is 1230. The van der Waals surface area contributed by atoms with Gasteiger partial charge in [-0.3, -0.25) is 19.8 Å². The van der Waals surface area contributed by atoms with E-state index >= 15 is 0 Å². The summed E-state index contributed by atoms with van der Waals surface area (Å²) in [6, 6.07) is 19.9. The maximum Gasteiger partial charge on any atom is 0.293 e. The zero-order valence-electron chi connectivity index (χ0n) is 20.2. The lowest BCUT2D eigenvalue weighted by Gasteiger charge is -2.36. The zero-order chi connectivity index (χ0) is 25.5. The molecule has 0 saturated carbocycles. The van der Waals surface area contributed by atoms with E-state index < -0.39 is 4.92 Å². The number of carbonyl (C=O) groups excluding carboxylic acids is 1. The summed E-state index contributed by atoms with van der Waals surface area (Å²) in [5.74, 6) is -0.382. The molecular weight excluding hydrogens is 478 g/mol. The predicted octanol–water partition coefficient (Wildman–Crippen LogP) is 5.43. The lowest BCUT2D eigenvalue weighted by atomic mass is 10.1. The Morgan fingerprint density at radius 2 is 1.81 bits per heavy atom. The van der Waals surface area contributed by atoms with Gasteiger partial charge < -0.3 is 15.5 Å². The van der Waals surface area contributed by atoms with Crippen LogP contribution in [0.3, 0.4) is 0 Å². The number of rotatable bonds is 9. The fourth-order valence-electron chi connectivity index (χ4n) is 4.33. The van der Waals surface area contributed by atoms with Crippen molar-refractivity contribution in [3.63, 3.8) is 0 Å². The smallest absolute Gasteiger partial charge is 0.293 e. The highest BCUT2D eigenvalue weighted by molar-refractivity contribution is 6.30. The summed E-state index contributed by atoms with van der Waals surface area (Å²) in [6.07, 6.45) is 0.851. The van der Waals surface area contributed by atoms with Crippen LogP contribution in [-0.4, -0.2) is 55.0 Å². The molecule has 3 aromatic carbocycles. The average molecular weight is 508 g/mol. The molecule has 1 aliphatic heterocycles. The van der Waals surface area contributed by atoms with Crippen molar-refractivity contribution in [2.24, 2.45) is 0 Å². The average Bonchev–Trinajstić information content (AvgIpc) is 2.87. The van der Waals surface area contributed by atoms with Crippen LogP contribution in [0.2, 0.25) is 5.02 Å². The standard InChI is InChI=1S/C27H30ClN5O3/c1-20-5-2-7-23(17-20)30-27(34)21-9-10-25(26(18-21)33(35)36)29-11-4-12-31-13-15-32(16-14-31)24-8-3-6-22(28)19-24/h2-3,5-10,17-19,29H,4,11-16H2,1H3,(H,30,34). The highest BCUT2D eigenvalue weighted by Gasteiger charge is 2.19. The van der Waals surface area contributed by atoms with E-state index in [4.69, 9.17) is 11.6 Å². The van der Waals surface area contributed by atoms with Crippen molar-refractivity contribution >= 4 is 40.3 Å². The van der Waals surface area contributed by atoms with Crippen molar-refractivity contribution in [1.29, 1.82) is 0 Å². The Morgan fingerprint density at radius 3 is 2.53 bits per heavy atom. The van der Waals surface area contributed by atoms with Crippen LogP contribution >= 0.6 is 11.6 Å². The molecule has 0 atom stereocenters. The lowest BCUT2D eigenvalue weighted by molar-refractivity contribution is -0.384. The van der Waals surface area contributed by atoms with Crippen molar-refractivity contribution in [2.75, 3.05) is 54.8 Å². The van der Waals surface area contributed by atoms with Crippen molar-refractivity contribution in [3.8, 4) is 0 Å². The normalized spacial score (nSPS) is 13.9. The predicted molar refractivity (Wildman–Crippen MR) is 145 cm³/mol. The molecule has 1 amide bonds. The molecule has 4 rings (SSSR count). The number of anilines is 3. The molecule has 0 unspecified atom stereocenters. The van der Waals surface area contributed by atoms with Gasteiger partial charge in [0.25, 0.3) is 11.6 Å². The summed E-state index contributed by atoms with van der Waals surface area (Å²) < 4.78 is 0. The molecule has 3 aromatic rings. The van der Waals surface area contributed by atoms with Gasteiger partial charge in [-0.25, -0.2) is 0 Å². The molecule has 188 valence electrons. The van der Waals surface area contributed by atoms with Gasteiger partial charge in [0.2, 0.25) is 0 Å². The molecule has 1 saturated heterocycles. The molecule has 9 heteroatoms. The molecule has 0 spiro atoms. The van der Waals surface area contributed by atoms with Crippen LogP contribution in [0.1, 0.15) is 22.3 Å². The van der Waals surface area contributed by atoms with Gasteiger partial charge in [-0.2, -0.15) is 0 Å². The maximum atomic E-state index is 12.6. The number of nitro groups is 1. The van der Waals surface area contributed by atoms with E-state index in [1.165, 1.54) is 6.07 Å². The second-order valence-corrected chi connectivity index (χ2v) is 9.34. The highest BCUT2D eigenvalue weighted by Crippen LogP contribution is 2.26. The minimum Gasteiger partial charge on any atom is -0.379 e. The third-order valence-corrected chi connectivity index (χ3v) is 6.48. The Morgan fingerprint density at radius 1 is 1.03 bits per heavy atom. The summed E-state index contributed by atoms with van der Waals surface area (Å²) in [5.41, 5.74) is 3.36. The molecule has 36 heavy (non-hydrogen) atoms. The van der Waals surface area contributed by atoms with Crippen molar-refractivity contribution in [2.45, 2.75) is 13.3 Å². The number of hydrogen-bond acceptors (Lipinski definition) is 6. The van der Waals surface area contributed by atoms with Gasteiger partial charge >= 0.3 is 0 Å². The van der Waals surface area contributed by atoms with Gasteiger partial charge in [-0.15, -0.1) is 0 Å². The number of piperazine rings is 1. The van der Waals surface area contributed by atoms with E-state index in [9.17, 15) is 14.9 Å². The van der Waals surface area contributed by atoms with Crippen LogP contribution in [0, 0.1) is 17.0 Å². The lowest BCUT2D eigenvalue weighted by Crippen LogP contribution is -2.46. The molecule has 1 fully saturated rings. The van der Waals surface area contributed by atoms with Gasteiger partial charge in [-0.05, 0) is 67.9 Å². The minimum atomic E-state index is -0.458. The zero-order valence-corrected chi connectivity index (χ0v) is 21.0. The Kier molecular flexibility index (Phi) is 8.40. The molecule has 8 nitrogen and oxygen atoms in total. The van der Waals surface area contributed by atoms with E-state index in [1.54, 1.807) is 18.2 Å². The molecule has 1 heterocycles. The first-order valence-corrected chi connectivity index (χ1v) is 12.4. The van der Waals surface area contributed by atoms with E-state index in [-0.39, 0.29) is 17.2 Å². The summed E-state index contributed by atoms with van der Waals surface area (Å²) in [6.45, 7) is 7.22. The van der Waals surface area contributed by atoms with E-state index in [1.807, 2.05) is 43.3 Å². The van der Waals surface area contributed by atoms with Gasteiger partial charge in [0.05, 0.1) is 4.92 Å². The third-order valence-electron chi connectivity index (χ3n) is 6.24. The number of aryl methyl sites for hydroxylation is 1. The molecule has 0 aliphatic carbocycles. The summed E-state index contributed by atoms with van der Waals surface area (Å²) in [4.78, 5) is 28.5. The van der Waals surface area contributed by atoms with Crippen LogP contribution < -0.4 is 15.5 Å². The summed E-state index contributed by atoms with van der Waals surface area (Å²) in [7, 11) is 0. The van der Waals surface area contributed by atoms with Crippen LogP contribution in [0.15, 0.2) is 66.7 Å².